The molecule has 4 heteroatoms. The Morgan fingerprint density at radius 3 is 2.00 bits per heavy atom. The molecular weight excluding hydrogens is 375 g/mol. The third kappa shape index (κ3) is 5.55. The molecule has 1 aromatic carbocycles. The molecule has 3 rings (SSSR count). The molecule has 2 aliphatic rings. The van der Waals surface area contributed by atoms with Crippen LogP contribution in [0.2, 0.25) is 5.02 Å². The molecule has 0 radical (unpaired) electrons. The van der Waals surface area contributed by atoms with Crippen LogP contribution in [0.5, 0.6) is 11.5 Å². The van der Waals surface area contributed by atoms with Gasteiger partial charge in [0.25, 0.3) is 0 Å². The van der Waals surface area contributed by atoms with Crippen LogP contribution in [0.3, 0.4) is 0 Å². The molecule has 2 aliphatic carbocycles. The second-order valence-corrected chi connectivity index (χ2v) is 9.16. The number of hydrogen-bond acceptors (Lipinski definition) is 2. The highest BCUT2D eigenvalue weighted by molar-refractivity contribution is 6.32. The zero-order valence-electron chi connectivity index (χ0n) is 17.5. The van der Waals surface area contributed by atoms with E-state index in [1.54, 1.807) is 12.1 Å². The Kier molecular flexibility index (Phi) is 8.32. The van der Waals surface area contributed by atoms with Gasteiger partial charge < -0.3 is 9.47 Å². The fourth-order valence-electron chi connectivity index (χ4n) is 5.28. The van der Waals surface area contributed by atoms with Gasteiger partial charge in [-0.1, -0.05) is 44.2 Å². The lowest BCUT2D eigenvalue weighted by molar-refractivity contribution is 0.122. The van der Waals surface area contributed by atoms with E-state index in [4.69, 9.17) is 21.1 Å². The molecule has 0 atom stereocenters. The van der Waals surface area contributed by atoms with Crippen molar-refractivity contribution >= 4 is 11.6 Å². The van der Waals surface area contributed by atoms with E-state index in [1.165, 1.54) is 64.2 Å². The van der Waals surface area contributed by atoms with Gasteiger partial charge in [0.2, 0.25) is 0 Å². The summed E-state index contributed by atoms with van der Waals surface area (Å²) in [6.07, 6.45) is 13.6. The van der Waals surface area contributed by atoms with Crippen LogP contribution in [0.25, 0.3) is 0 Å². The second kappa shape index (κ2) is 10.7. The Morgan fingerprint density at radius 2 is 1.43 bits per heavy atom. The summed E-state index contributed by atoms with van der Waals surface area (Å²) in [5, 5.41) is 0.0310. The van der Waals surface area contributed by atoms with E-state index in [2.05, 4.69) is 6.92 Å². The first-order chi connectivity index (χ1) is 13.6. The SMILES string of the molecule is CCC[C@H]1CC[C@H]([C@H]2CC[C@H](COc3ccc(OCC)c(F)c3Cl)CC2)CC1. The molecule has 158 valence electrons. The smallest absolute Gasteiger partial charge is 0.187 e. The summed E-state index contributed by atoms with van der Waals surface area (Å²) in [5.41, 5.74) is 0. The van der Waals surface area contributed by atoms with E-state index in [0.29, 0.717) is 24.9 Å². The topological polar surface area (TPSA) is 18.5 Å². The van der Waals surface area contributed by atoms with Crippen LogP contribution in [0.15, 0.2) is 12.1 Å². The standard InChI is InChI=1S/C24H36ClFO2/c1-3-5-17-6-10-19(11-7-17)20-12-8-18(9-13-20)16-28-21-14-15-22(27-4-2)24(26)23(21)25/h14-15,17-20H,3-13,16H2,1-2H3/t17-,18-,19-,20-. The molecule has 0 N–H and O–H groups in total. The third-order valence-corrected chi connectivity index (χ3v) is 7.28. The first kappa shape index (κ1) is 21.7. The molecule has 0 unspecified atom stereocenters. The van der Waals surface area contributed by atoms with Crippen molar-refractivity contribution in [1.82, 2.24) is 0 Å². The highest BCUT2D eigenvalue weighted by Crippen LogP contribution is 2.42. The molecule has 0 amide bonds. The third-order valence-electron chi connectivity index (χ3n) is 6.93. The summed E-state index contributed by atoms with van der Waals surface area (Å²) in [5.74, 6) is 3.50. The van der Waals surface area contributed by atoms with Gasteiger partial charge in [0.05, 0.1) is 13.2 Å². The highest BCUT2D eigenvalue weighted by Gasteiger charge is 2.31. The minimum Gasteiger partial charge on any atom is -0.492 e. The van der Waals surface area contributed by atoms with E-state index >= 15 is 0 Å². The van der Waals surface area contributed by atoms with E-state index < -0.39 is 5.82 Å². The maximum atomic E-state index is 14.2. The molecule has 2 saturated carbocycles. The summed E-state index contributed by atoms with van der Waals surface area (Å²) in [4.78, 5) is 0. The molecular formula is C24H36ClFO2. The van der Waals surface area contributed by atoms with E-state index in [1.807, 2.05) is 6.92 Å². The molecule has 0 saturated heterocycles. The van der Waals surface area contributed by atoms with Gasteiger partial charge in [0.1, 0.15) is 10.8 Å². The molecule has 2 fully saturated rings. The van der Waals surface area contributed by atoms with Crippen molar-refractivity contribution in [2.45, 2.75) is 78.1 Å². The van der Waals surface area contributed by atoms with E-state index in [0.717, 1.165) is 17.8 Å². The normalized spacial score (nSPS) is 28.1. The van der Waals surface area contributed by atoms with Crippen LogP contribution in [-0.4, -0.2) is 13.2 Å². The maximum absolute atomic E-state index is 14.2. The van der Waals surface area contributed by atoms with Crippen molar-refractivity contribution in [2.24, 2.45) is 23.7 Å². The number of benzene rings is 1. The first-order valence-corrected chi connectivity index (χ1v) is 11.7. The average Bonchev–Trinajstić information content (AvgIpc) is 2.72. The van der Waals surface area contributed by atoms with Gasteiger partial charge in [-0.2, -0.15) is 0 Å². The summed E-state index contributed by atoms with van der Waals surface area (Å²) < 4.78 is 25.3. The second-order valence-electron chi connectivity index (χ2n) is 8.78. The summed E-state index contributed by atoms with van der Waals surface area (Å²) in [6, 6.07) is 3.32. The van der Waals surface area contributed by atoms with Gasteiger partial charge in [-0.15, -0.1) is 0 Å². The van der Waals surface area contributed by atoms with Crippen LogP contribution < -0.4 is 9.47 Å². The Hall–Kier alpha value is -0.960. The van der Waals surface area contributed by atoms with Crippen molar-refractivity contribution in [3.05, 3.63) is 23.0 Å². The Morgan fingerprint density at radius 1 is 0.857 bits per heavy atom. The van der Waals surface area contributed by atoms with Gasteiger partial charge in [-0.25, -0.2) is 4.39 Å². The lowest BCUT2D eigenvalue weighted by Gasteiger charge is -2.37. The minimum absolute atomic E-state index is 0.0310. The lowest BCUT2D eigenvalue weighted by Crippen LogP contribution is -2.27. The zero-order valence-corrected chi connectivity index (χ0v) is 18.3. The fourth-order valence-corrected chi connectivity index (χ4v) is 5.49. The van der Waals surface area contributed by atoms with E-state index in [9.17, 15) is 4.39 Å². The number of hydrogen-bond donors (Lipinski definition) is 0. The number of halogens is 2. The summed E-state index contributed by atoms with van der Waals surface area (Å²) in [7, 11) is 0. The molecule has 0 bridgehead atoms. The molecule has 0 aromatic heterocycles. The van der Waals surface area contributed by atoms with Crippen molar-refractivity contribution in [1.29, 1.82) is 0 Å². The maximum Gasteiger partial charge on any atom is 0.187 e. The average molecular weight is 411 g/mol. The highest BCUT2D eigenvalue weighted by atomic mass is 35.5. The van der Waals surface area contributed by atoms with Crippen LogP contribution >= 0.6 is 11.6 Å². The monoisotopic (exact) mass is 410 g/mol. The number of ether oxygens (including phenoxy) is 2. The van der Waals surface area contributed by atoms with Gasteiger partial charge in [-0.05, 0) is 81.3 Å². The van der Waals surface area contributed by atoms with Crippen molar-refractivity contribution in [3.63, 3.8) is 0 Å². The van der Waals surface area contributed by atoms with Crippen molar-refractivity contribution in [3.8, 4) is 11.5 Å². The molecule has 0 spiro atoms. The summed E-state index contributed by atoms with van der Waals surface area (Å²) in [6.45, 7) is 5.18. The van der Waals surface area contributed by atoms with Crippen LogP contribution in [0.1, 0.15) is 78.1 Å². The van der Waals surface area contributed by atoms with Crippen molar-refractivity contribution < 1.29 is 13.9 Å². The predicted octanol–water partition coefficient (Wildman–Crippen LogP) is 7.67. The fraction of sp³-hybridized carbons (Fsp3) is 0.750. The summed E-state index contributed by atoms with van der Waals surface area (Å²) >= 11 is 6.13. The van der Waals surface area contributed by atoms with E-state index in [-0.39, 0.29) is 10.8 Å². The predicted molar refractivity (Wildman–Crippen MR) is 114 cm³/mol. The number of rotatable bonds is 8. The lowest BCUT2D eigenvalue weighted by atomic mass is 9.69. The zero-order chi connectivity index (χ0) is 19.9. The van der Waals surface area contributed by atoms with Gasteiger partial charge in [0.15, 0.2) is 11.6 Å². The molecule has 1 aromatic rings. The van der Waals surface area contributed by atoms with Gasteiger partial charge in [0, 0.05) is 0 Å². The Balaban J connectivity index is 1.42. The largest absolute Gasteiger partial charge is 0.492 e. The van der Waals surface area contributed by atoms with Crippen LogP contribution in [-0.2, 0) is 0 Å². The Labute approximate surface area is 175 Å². The molecule has 0 heterocycles. The van der Waals surface area contributed by atoms with Gasteiger partial charge in [-0.3, -0.25) is 0 Å². The molecule has 2 nitrogen and oxygen atoms in total. The van der Waals surface area contributed by atoms with Crippen molar-refractivity contribution in [2.75, 3.05) is 13.2 Å². The van der Waals surface area contributed by atoms with Crippen LogP contribution in [0, 0.1) is 29.5 Å². The van der Waals surface area contributed by atoms with Gasteiger partial charge >= 0.3 is 0 Å². The minimum atomic E-state index is -0.525. The first-order valence-electron chi connectivity index (χ1n) is 11.4. The molecule has 28 heavy (non-hydrogen) atoms. The Bertz CT molecular complexity index is 605. The quantitative estimate of drug-likeness (QED) is 0.437. The van der Waals surface area contributed by atoms with Crippen LogP contribution in [0.4, 0.5) is 4.39 Å². The molecule has 0 aliphatic heterocycles.